The summed E-state index contributed by atoms with van der Waals surface area (Å²) in [6.07, 6.45) is 6.93. The fraction of sp³-hybridized carbons (Fsp3) is 0.214. The highest BCUT2D eigenvalue weighted by atomic mass is 16.6. The predicted molar refractivity (Wildman–Crippen MR) is 127 cm³/mol. The van der Waals surface area contributed by atoms with Gasteiger partial charge in [-0.3, -0.25) is 0 Å². The van der Waals surface area contributed by atoms with Crippen LogP contribution in [-0.2, 0) is 19.1 Å². The Hall–Kier alpha value is -3.84. The molecule has 0 saturated carbocycles. The molecule has 32 heavy (non-hydrogen) atoms. The molecule has 4 nitrogen and oxygen atoms in total. The largest absolute Gasteiger partial charge is 0.458 e. The van der Waals surface area contributed by atoms with Crippen molar-refractivity contribution in [2.45, 2.75) is 33.0 Å². The second kappa shape index (κ2) is 12.8. The second-order valence-corrected chi connectivity index (χ2v) is 7.13. The normalized spacial score (nSPS) is 19.2. The highest BCUT2D eigenvalue weighted by Gasteiger charge is 2.34. The van der Waals surface area contributed by atoms with Crippen molar-refractivity contribution in [3.63, 3.8) is 0 Å². The molecule has 0 spiro atoms. The van der Waals surface area contributed by atoms with Crippen molar-refractivity contribution in [3.8, 4) is 11.8 Å². The van der Waals surface area contributed by atoms with Crippen LogP contribution in [0.5, 0.6) is 0 Å². The molecule has 0 radical (unpaired) electrons. The van der Waals surface area contributed by atoms with Crippen molar-refractivity contribution in [1.29, 1.82) is 0 Å². The molecule has 2 aromatic rings. The first-order valence-corrected chi connectivity index (χ1v) is 10.4. The third-order valence-corrected chi connectivity index (χ3v) is 4.61. The average molecular weight is 429 g/mol. The molecule has 1 aliphatic heterocycles. The Morgan fingerprint density at radius 3 is 2.34 bits per heavy atom. The van der Waals surface area contributed by atoms with Crippen LogP contribution in [0.2, 0.25) is 0 Å². The fourth-order valence-corrected chi connectivity index (χ4v) is 3.05. The Bertz CT molecular complexity index is 1020. The second-order valence-electron chi connectivity index (χ2n) is 7.13. The summed E-state index contributed by atoms with van der Waals surface area (Å²) in [6, 6.07) is 19.1. The number of esters is 2. The fourth-order valence-electron chi connectivity index (χ4n) is 3.05. The molecule has 1 saturated heterocycles. The van der Waals surface area contributed by atoms with Gasteiger partial charge in [0.1, 0.15) is 12.2 Å². The first-order chi connectivity index (χ1) is 15.4. The minimum absolute atomic E-state index is 0.00675. The summed E-state index contributed by atoms with van der Waals surface area (Å²) < 4.78 is 10.2. The number of carbonyl (C=O) groups is 2. The lowest BCUT2D eigenvalue weighted by Crippen LogP contribution is -2.10. The van der Waals surface area contributed by atoms with E-state index in [9.17, 15) is 9.59 Å². The van der Waals surface area contributed by atoms with Crippen LogP contribution >= 0.6 is 0 Å². The number of carbonyl (C=O) groups excluding carboxylic acids is 2. The Morgan fingerprint density at radius 2 is 1.75 bits per heavy atom. The van der Waals surface area contributed by atoms with Gasteiger partial charge in [0.15, 0.2) is 0 Å². The molecule has 1 unspecified atom stereocenters. The predicted octanol–water partition coefficient (Wildman–Crippen LogP) is 5.36. The first kappa shape index (κ1) is 24.4. The highest BCUT2D eigenvalue weighted by molar-refractivity contribution is 5.96. The van der Waals surface area contributed by atoms with Crippen molar-refractivity contribution in [2.24, 2.45) is 5.92 Å². The quantitative estimate of drug-likeness (QED) is 0.285. The van der Waals surface area contributed by atoms with Crippen LogP contribution in [0.25, 0.3) is 6.08 Å². The van der Waals surface area contributed by atoms with E-state index in [1.165, 1.54) is 0 Å². The maximum absolute atomic E-state index is 11.6. The Labute approximate surface area is 190 Å². The van der Waals surface area contributed by atoms with Crippen molar-refractivity contribution in [1.82, 2.24) is 0 Å². The van der Waals surface area contributed by atoms with Gasteiger partial charge in [-0.2, -0.15) is 0 Å². The number of hydrogen-bond acceptors (Lipinski definition) is 4. The first-order valence-electron chi connectivity index (χ1n) is 10.4. The number of ether oxygens (including phenoxy) is 2. The van der Waals surface area contributed by atoms with Crippen molar-refractivity contribution in [2.75, 3.05) is 0 Å². The van der Waals surface area contributed by atoms with Gasteiger partial charge < -0.3 is 9.47 Å². The molecule has 0 amide bonds. The molecule has 3 atom stereocenters. The highest BCUT2D eigenvalue weighted by Crippen LogP contribution is 2.30. The standard InChI is InChI=1S/2C14H14O2/c1-3-12-10(2)16-14(15)13(12)9-11-7-5-4-6-8-11;1-3-7-12(2)16-14(15)11-10-13-8-5-4-6-9-13/h3-10,12H,1H2,2H3;3-9,12H,1-2H3/b13-9-;7-3-/t10-,12-;/m0./s1. The van der Waals surface area contributed by atoms with Crippen LogP contribution in [0.15, 0.2) is 91.0 Å². The lowest BCUT2D eigenvalue weighted by atomic mass is 9.95. The number of cyclic esters (lactones) is 1. The van der Waals surface area contributed by atoms with E-state index in [-0.39, 0.29) is 24.1 Å². The summed E-state index contributed by atoms with van der Waals surface area (Å²) in [5.74, 6) is 4.44. The minimum atomic E-state index is -0.505. The maximum atomic E-state index is 11.6. The topological polar surface area (TPSA) is 52.6 Å². The van der Waals surface area contributed by atoms with E-state index in [0.29, 0.717) is 5.57 Å². The molecular weight excluding hydrogens is 400 g/mol. The summed E-state index contributed by atoms with van der Waals surface area (Å²) >= 11 is 0. The molecule has 1 fully saturated rings. The van der Waals surface area contributed by atoms with Gasteiger partial charge in [-0.1, -0.05) is 66.6 Å². The summed E-state index contributed by atoms with van der Waals surface area (Å²) in [5, 5.41) is 0. The van der Waals surface area contributed by atoms with E-state index in [0.717, 1.165) is 11.1 Å². The smallest absolute Gasteiger partial charge is 0.385 e. The molecule has 164 valence electrons. The third kappa shape index (κ3) is 7.77. The average Bonchev–Trinajstić information content (AvgIpc) is 3.06. The monoisotopic (exact) mass is 428 g/mol. The summed E-state index contributed by atoms with van der Waals surface area (Å²) in [6.45, 7) is 9.30. The molecule has 4 heteroatoms. The van der Waals surface area contributed by atoms with Crippen LogP contribution in [0.3, 0.4) is 0 Å². The molecule has 0 bridgehead atoms. The van der Waals surface area contributed by atoms with E-state index in [1.54, 1.807) is 19.1 Å². The lowest BCUT2D eigenvalue weighted by molar-refractivity contribution is -0.139. The Kier molecular flexibility index (Phi) is 9.74. The third-order valence-electron chi connectivity index (χ3n) is 4.61. The molecule has 0 N–H and O–H groups in total. The maximum Gasteiger partial charge on any atom is 0.385 e. The molecule has 3 rings (SSSR count). The van der Waals surface area contributed by atoms with E-state index >= 15 is 0 Å². The SMILES string of the molecule is C/C=C\C(C)OC(=O)C#Cc1ccccc1.C=C[C@@H]1/C(=C/c2ccccc2)C(=O)O[C@H]1C. The van der Waals surface area contributed by atoms with E-state index < -0.39 is 5.97 Å². The molecule has 1 heterocycles. The Morgan fingerprint density at radius 1 is 1.12 bits per heavy atom. The van der Waals surface area contributed by atoms with Crippen LogP contribution in [-0.4, -0.2) is 24.1 Å². The zero-order valence-electron chi connectivity index (χ0n) is 18.7. The number of hydrogen-bond donors (Lipinski definition) is 0. The number of allylic oxidation sites excluding steroid dienone is 1. The molecular formula is C28H28O4. The number of rotatable bonds is 4. The van der Waals surface area contributed by atoms with Crippen LogP contribution in [0, 0.1) is 17.8 Å². The van der Waals surface area contributed by atoms with Crippen molar-refractivity contribution < 1.29 is 19.1 Å². The van der Waals surface area contributed by atoms with Gasteiger partial charge >= 0.3 is 11.9 Å². The van der Waals surface area contributed by atoms with E-state index in [1.807, 2.05) is 86.7 Å². The van der Waals surface area contributed by atoms with Crippen molar-refractivity contribution in [3.05, 3.63) is 102 Å². The van der Waals surface area contributed by atoms with Gasteiger partial charge in [0, 0.05) is 23.0 Å². The van der Waals surface area contributed by atoms with Gasteiger partial charge in [-0.25, -0.2) is 9.59 Å². The van der Waals surface area contributed by atoms with Gasteiger partial charge in [0.05, 0.1) is 0 Å². The van der Waals surface area contributed by atoms with Gasteiger partial charge in [0.2, 0.25) is 0 Å². The van der Waals surface area contributed by atoms with E-state index in [4.69, 9.17) is 9.47 Å². The minimum Gasteiger partial charge on any atom is -0.458 e. The van der Waals surface area contributed by atoms with Crippen LogP contribution < -0.4 is 0 Å². The summed E-state index contributed by atoms with van der Waals surface area (Å²) in [4.78, 5) is 22.9. The van der Waals surface area contributed by atoms with Gasteiger partial charge in [-0.05, 0) is 50.6 Å². The molecule has 1 aliphatic rings. The summed E-state index contributed by atoms with van der Waals surface area (Å²) in [7, 11) is 0. The zero-order valence-corrected chi connectivity index (χ0v) is 18.7. The zero-order chi connectivity index (χ0) is 23.3. The lowest BCUT2D eigenvalue weighted by Gasteiger charge is -2.06. The molecule has 2 aromatic carbocycles. The Balaban J connectivity index is 0.000000227. The van der Waals surface area contributed by atoms with Crippen LogP contribution in [0.4, 0.5) is 0 Å². The van der Waals surface area contributed by atoms with E-state index in [2.05, 4.69) is 18.4 Å². The van der Waals surface area contributed by atoms with Crippen LogP contribution in [0.1, 0.15) is 31.9 Å². The van der Waals surface area contributed by atoms with Gasteiger partial charge in [0.25, 0.3) is 0 Å². The molecule has 0 aliphatic carbocycles. The summed E-state index contributed by atoms with van der Waals surface area (Å²) in [5.41, 5.74) is 2.50. The van der Waals surface area contributed by atoms with Crippen molar-refractivity contribution >= 4 is 18.0 Å². The number of benzene rings is 2. The molecule has 0 aromatic heterocycles. The van der Waals surface area contributed by atoms with Gasteiger partial charge in [-0.15, -0.1) is 6.58 Å².